The summed E-state index contributed by atoms with van der Waals surface area (Å²) in [4.78, 5) is 88.7. The molecule has 1 aromatic rings. The molecule has 5 rings (SSSR count). The molecule has 77 heavy (non-hydrogen) atoms. The second-order valence-electron chi connectivity index (χ2n) is 24.8. The van der Waals surface area contributed by atoms with Gasteiger partial charge in [-0.15, -0.1) is 0 Å². The van der Waals surface area contributed by atoms with E-state index in [0.717, 1.165) is 5.57 Å². The summed E-state index contributed by atoms with van der Waals surface area (Å²) in [5.74, 6) is -4.56. The van der Waals surface area contributed by atoms with Crippen LogP contribution in [-0.2, 0) is 51.7 Å². The van der Waals surface area contributed by atoms with Gasteiger partial charge in [0.05, 0.1) is 35.6 Å². The molecule has 2 amide bonds. The van der Waals surface area contributed by atoms with Crippen LogP contribution in [0, 0.1) is 16.7 Å². The van der Waals surface area contributed by atoms with Gasteiger partial charge < -0.3 is 53.0 Å². The second-order valence-corrected chi connectivity index (χ2v) is 35.0. The Kier molecular flexibility index (Phi) is 19.6. The van der Waals surface area contributed by atoms with Crippen molar-refractivity contribution in [3.63, 3.8) is 0 Å². The first-order chi connectivity index (χ1) is 35.6. The summed E-state index contributed by atoms with van der Waals surface area (Å²) < 4.78 is 53.1. The fourth-order valence-corrected chi connectivity index (χ4v) is 22.0. The largest absolute Gasteiger partial charge is 0.456 e. The van der Waals surface area contributed by atoms with Crippen LogP contribution in [0.15, 0.2) is 53.1 Å². The summed E-state index contributed by atoms with van der Waals surface area (Å²) >= 11 is 0. The Morgan fingerprint density at radius 3 is 1.91 bits per heavy atom. The molecule has 0 radical (unpaired) electrons. The molecule has 11 atom stereocenters. The number of hydrogen-bond donors (Lipinski definition) is 3. The minimum absolute atomic E-state index is 0.0340. The molecular weight excluding hydrogens is 1020 g/mol. The Labute approximate surface area is 460 Å². The highest BCUT2D eigenvalue weighted by atomic mass is 28.4. The number of nitrogens with one attached hydrogen (secondary N) is 2. The summed E-state index contributed by atoms with van der Waals surface area (Å²) in [5.41, 5.74) is -7.30. The Bertz CT molecular complexity index is 2380. The molecule has 0 unspecified atom stereocenters. The number of allylic oxidation sites excluding steroid dienone is 1. The smallest absolute Gasteiger partial charge is 0.408 e. The van der Waals surface area contributed by atoms with Crippen molar-refractivity contribution < 1.29 is 71.1 Å². The number of esters is 3. The number of carbonyl (C=O) groups is 6. The Morgan fingerprint density at radius 1 is 0.870 bits per heavy atom. The predicted molar refractivity (Wildman–Crippen MR) is 297 cm³/mol. The van der Waals surface area contributed by atoms with E-state index >= 15 is 9.59 Å². The first-order valence-corrected chi connectivity index (χ1v) is 32.4. The van der Waals surface area contributed by atoms with Crippen LogP contribution in [0.2, 0.25) is 34.8 Å². The summed E-state index contributed by atoms with van der Waals surface area (Å²) in [7, 11) is -4.34. The van der Waals surface area contributed by atoms with Crippen LogP contribution in [0.3, 0.4) is 0 Å². The predicted octanol–water partition coefficient (Wildman–Crippen LogP) is 10.4. The van der Waals surface area contributed by atoms with Gasteiger partial charge in [0.25, 0.3) is 0 Å². The SMILES string of the molecule is CC[Si](CC)(CC)O[C@H]1C[C@H]2OC[C@@]2(OC(C)=O)[C@H]2[C@H](OC(=O)c3ccccc3)[C@]3(O)C[C@H](OC(=O)[C@H](O[Si](C(C)C)(C(C)C)C(C)C)[C@H](C=C(C)C)NC(=O)OC(C)(C)C)C(C)=C([C@@H](OC(=O)NC)C(=O)[C@]12C)C3(C)C. The zero-order valence-corrected chi connectivity index (χ0v) is 51.7. The minimum atomic E-state index is -3.03. The van der Waals surface area contributed by atoms with Crippen molar-refractivity contribution in [2.24, 2.45) is 16.7 Å². The summed E-state index contributed by atoms with van der Waals surface area (Å²) in [6.07, 6.45) is -8.76. The van der Waals surface area contributed by atoms with Gasteiger partial charge in [-0.3, -0.25) is 9.59 Å². The van der Waals surface area contributed by atoms with Gasteiger partial charge in [-0.05, 0) is 107 Å². The topological polar surface area (TPSA) is 221 Å². The second kappa shape index (κ2) is 23.7. The molecule has 1 aliphatic heterocycles. The lowest BCUT2D eigenvalue weighted by Crippen LogP contribution is -2.82. The van der Waals surface area contributed by atoms with Gasteiger partial charge in [0.2, 0.25) is 8.32 Å². The van der Waals surface area contributed by atoms with Gasteiger partial charge in [0.15, 0.2) is 31.9 Å². The van der Waals surface area contributed by atoms with Crippen LogP contribution in [0.5, 0.6) is 0 Å². The van der Waals surface area contributed by atoms with E-state index in [-0.39, 0.29) is 46.4 Å². The van der Waals surface area contributed by atoms with Crippen LogP contribution >= 0.6 is 0 Å². The van der Waals surface area contributed by atoms with E-state index in [9.17, 15) is 24.3 Å². The quantitative estimate of drug-likeness (QED) is 0.0508. The molecule has 0 aromatic heterocycles. The molecule has 1 heterocycles. The van der Waals surface area contributed by atoms with Gasteiger partial charge in [0.1, 0.15) is 29.5 Å². The number of ketones is 1. The van der Waals surface area contributed by atoms with Crippen molar-refractivity contribution in [3.8, 4) is 0 Å². The maximum absolute atomic E-state index is 16.7. The van der Waals surface area contributed by atoms with Crippen molar-refractivity contribution in [2.45, 2.75) is 239 Å². The maximum Gasteiger partial charge on any atom is 0.408 e. The molecular formula is C58H92N2O15Si2. The molecule has 3 fully saturated rings. The molecule has 3 aliphatic carbocycles. The van der Waals surface area contributed by atoms with E-state index in [2.05, 4.69) is 72.9 Å². The number of aliphatic hydroxyl groups is 1. The third-order valence-electron chi connectivity index (χ3n) is 17.7. The summed E-state index contributed by atoms with van der Waals surface area (Å²) in [6, 6.07) is 9.13. The molecule has 1 saturated heterocycles. The van der Waals surface area contributed by atoms with E-state index < -0.39 is 135 Å². The molecule has 17 nitrogen and oxygen atoms in total. The van der Waals surface area contributed by atoms with E-state index in [1.165, 1.54) is 14.0 Å². The number of amides is 2. The molecule has 0 spiro atoms. The monoisotopic (exact) mass is 1110 g/mol. The van der Waals surface area contributed by atoms with Gasteiger partial charge in [-0.25, -0.2) is 19.2 Å². The van der Waals surface area contributed by atoms with Crippen molar-refractivity contribution >= 4 is 52.5 Å². The Balaban J connectivity index is 1.91. The van der Waals surface area contributed by atoms with Crippen LogP contribution in [0.1, 0.15) is 155 Å². The summed E-state index contributed by atoms with van der Waals surface area (Å²) in [5, 5.41) is 19.9. The van der Waals surface area contributed by atoms with E-state index in [0.29, 0.717) is 18.1 Å². The number of hydrogen-bond acceptors (Lipinski definition) is 15. The zero-order valence-electron chi connectivity index (χ0n) is 49.7. The molecule has 1 aromatic carbocycles. The Morgan fingerprint density at radius 2 is 1.44 bits per heavy atom. The van der Waals surface area contributed by atoms with Gasteiger partial charge in [-0.1, -0.05) is 106 Å². The molecule has 2 bridgehead atoms. The number of ether oxygens (including phenoxy) is 6. The minimum Gasteiger partial charge on any atom is -0.456 e. The van der Waals surface area contributed by atoms with Crippen LogP contribution < -0.4 is 10.6 Å². The lowest BCUT2D eigenvalue weighted by molar-refractivity contribution is -0.344. The highest BCUT2D eigenvalue weighted by Crippen LogP contribution is 2.65. The normalized spacial score (nSPS) is 28.9. The fourth-order valence-electron chi connectivity index (χ4n) is 13.6. The van der Waals surface area contributed by atoms with Crippen molar-refractivity contribution in [1.82, 2.24) is 10.6 Å². The third kappa shape index (κ3) is 11.9. The fraction of sp³-hybridized carbons (Fsp3) is 0.724. The average molecular weight is 1110 g/mol. The third-order valence-corrected chi connectivity index (χ3v) is 28.4. The highest BCUT2D eigenvalue weighted by molar-refractivity contribution is 6.77. The van der Waals surface area contributed by atoms with Gasteiger partial charge >= 0.3 is 30.1 Å². The van der Waals surface area contributed by atoms with Crippen LogP contribution in [0.4, 0.5) is 9.59 Å². The Hall–Kier alpha value is -4.41. The van der Waals surface area contributed by atoms with E-state index in [1.54, 1.807) is 84.9 Å². The number of benzene rings is 1. The number of alkyl carbamates (subject to hydrolysis) is 2. The standard InChI is InChI=1S/C58H92N2O15Si2/c1-21-76(22-2,23-3)74-42-30-43-57(32-68-43,72-38(13)61)47-49(71-50(63)39-27-25-24-26-28-39)58(67)31-41(37(12)44(55(58,17)18)46(70-52(65)59-20)48(62)56(42,47)19)69-51(64)45(75-77(34(6)7,35(8)9)36(10)11)40(29-33(4)5)60-53(66)73-54(14,15)16/h24-29,34-36,40-43,45-47,49,67H,21-23,30-32H2,1-20H3,(H,59,65)(H,60,66)/t40-,41-,42-,43+,45+,46+,47-,49-,56+,57-,58+/m0/s1. The number of Topliss-reactive ketones (excluding diaryl/α,β-unsaturated/α-hetero) is 1. The molecule has 432 valence electrons. The van der Waals surface area contributed by atoms with Gasteiger partial charge in [-0.2, -0.15) is 0 Å². The van der Waals surface area contributed by atoms with Crippen molar-refractivity contribution in [1.29, 1.82) is 0 Å². The summed E-state index contributed by atoms with van der Waals surface area (Å²) in [6.45, 7) is 35.1. The lowest BCUT2D eigenvalue weighted by Gasteiger charge is -2.68. The van der Waals surface area contributed by atoms with Crippen molar-refractivity contribution in [2.75, 3.05) is 13.7 Å². The highest BCUT2D eigenvalue weighted by Gasteiger charge is 2.79. The first kappa shape index (κ1) is 63.4. The first-order valence-electron chi connectivity index (χ1n) is 27.8. The van der Waals surface area contributed by atoms with Crippen molar-refractivity contribution in [3.05, 3.63) is 58.7 Å². The lowest BCUT2D eigenvalue weighted by atomic mass is 9.44. The van der Waals surface area contributed by atoms with Gasteiger partial charge in [0, 0.05) is 32.2 Å². The molecule has 3 N–H and O–H groups in total. The molecule has 19 heteroatoms. The van der Waals surface area contributed by atoms with E-state index in [4.69, 9.17) is 37.3 Å². The zero-order chi connectivity index (χ0) is 58.2. The molecule has 4 aliphatic rings. The number of carbonyl (C=O) groups excluding carboxylic acids is 6. The number of fused-ring (bicyclic) bond motifs is 5. The maximum atomic E-state index is 16.7. The van der Waals surface area contributed by atoms with Crippen LogP contribution in [-0.4, -0.2) is 131 Å². The van der Waals surface area contributed by atoms with Crippen LogP contribution in [0.25, 0.3) is 0 Å². The van der Waals surface area contributed by atoms with E-state index in [1.807, 2.05) is 13.8 Å². The molecule has 2 saturated carbocycles. The number of rotatable bonds is 19. The average Bonchev–Trinajstić information content (AvgIpc) is 3.32.